The molecule has 0 saturated heterocycles. The van der Waals surface area contributed by atoms with E-state index in [1.807, 2.05) is 0 Å². The highest BCUT2D eigenvalue weighted by Crippen LogP contribution is 2.27. The highest BCUT2D eigenvalue weighted by molar-refractivity contribution is 7.92. The SMILES string of the molecule is C[C@@H](C(=O)NC1CCCC1)N(Cc1cccc(Cl)c1)C(=O)CN(c1ccc([N+](=O)[O-])cc1)S(=O)(=O)c1ccccc1. The van der Waals surface area contributed by atoms with Gasteiger partial charge in [-0.3, -0.25) is 24.0 Å². The molecule has 0 radical (unpaired) electrons. The van der Waals surface area contributed by atoms with Crippen molar-refractivity contribution in [3.05, 3.63) is 99.6 Å². The van der Waals surface area contributed by atoms with Crippen molar-refractivity contribution >= 4 is 44.8 Å². The maximum absolute atomic E-state index is 14.0. The Hall–Kier alpha value is -3.96. The highest BCUT2D eigenvalue weighted by Gasteiger charge is 2.33. The molecule has 1 atom stereocenters. The molecule has 1 saturated carbocycles. The predicted octanol–water partition coefficient (Wildman–Crippen LogP) is 4.92. The van der Waals surface area contributed by atoms with Crippen molar-refractivity contribution in [2.75, 3.05) is 10.8 Å². The highest BCUT2D eigenvalue weighted by atomic mass is 35.5. The van der Waals surface area contributed by atoms with E-state index < -0.39 is 33.4 Å². The number of nitrogens with one attached hydrogen (secondary N) is 1. The normalized spacial score (nSPS) is 14.3. The van der Waals surface area contributed by atoms with E-state index in [-0.39, 0.29) is 34.8 Å². The van der Waals surface area contributed by atoms with Crippen molar-refractivity contribution in [2.45, 2.75) is 56.1 Å². The number of nitro benzene ring substituents is 1. The van der Waals surface area contributed by atoms with Crippen LogP contribution in [0.4, 0.5) is 11.4 Å². The van der Waals surface area contributed by atoms with Gasteiger partial charge in [-0.25, -0.2) is 8.42 Å². The minimum atomic E-state index is -4.27. The lowest BCUT2D eigenvalue weighted by Crippen LogP contribution is -2.52. The number of hydrogen-bond donors (Lipinski definition) is 1. The molecule has 10 nitrogen and oxygen atoms in total. The fraction of sp³-hybridized carbons (Fsp3) is 0.310. The van der Waals surface area contributed by atoms with E-state index >= 15 is 0 Å². The lowest BCUT2D eigenvalue weighted by molar-refractivity contribution is -0.384. The van der Waals surface area contributed by atoms with Crippen LogP contribution in [-0.2, 0) is 26.2 Å². The van der Waals surface area contributed by atoms with Crippen molar-refractivity contribution in [1.82, 2.24) is 10.2 Å². The van der Waals surface area contributed by atoms with Crippen LogP contribution in [0.1, 0.15) is 38.2 Å². The van der Waals surface area contributed by atoms with E-state index in [0.29, 0.717) is 10.6 Å². The molecule has 0 aliphatic heterocycles. The monoisotopic (exact) mass is 598 g/mol. The summed E-state index contributed by atoms with van der Waals surface area (Å²) in [5, 5.41) is 14.7. The average molecular weight is 599 g/mol. The Bertz CT molecular complexity index is 1500. The molecule has 1 fully saturated rings. The Kier molecular flexibility index (Phi) is 9.61. The van der Waals surface area contributed by atoms with Gasteiger partial charge in [-0.1, -0.05) is 54.8 Å². The molecule has 216 valence electrons. The number of carbonyl (C=O) groups is 2. The van der Waals surface area contributed by atoms with Crippen LogP contribution in [0.3, 0.4) is 0 Å². The Morgan fingerprint density at radius 1 is 1.02 bits per heavy atom. The molecule has 0 aromatic heterocycles. The molecule has 1 aliphatic rings. The van der Waals surface area contributed by atoms with Gasteiger partial charge >= 0.3 is 0 Å². The number of benzene rings is 3. The number of nitrogens with zero attached hydrogens (tertiary/aromatic N) is 3. The van der Waals surface area contributed by atoms with Gasteiger partial charge in [0, 0.05) is 29.7 Å². The van der Waals surface area contributed by atoms with Crippen LogP contribution in [0.2, 0.25) is 5.02 Å². The summed E-state index contributed by atoms with van der Waals surface area (Å²) < 4.78 is 28.4. The number of sulfonamides is 1. The number of nitro groups is 1. The summed E-state index contributed by atoms with van der Waals surface area (Å²) in [6.45, 7) is 0.976. The maximum atomic E-state index is 14.0. The minimum absolute atomic E-state index is 0.0120. The third-order valence-corrected chi connectivity index (χ3v) is 9.09. The maximum Gasteiger partial charge on any atom is 0.269 e. The minimum Gasteiger partial charge on any atom is -0.352 e. The second-order valence-electron chi connectivity index (χ2n) is 9.92. The number of anilines is 1. The molecule has 12 heteroatoms. The van der Waals surface area contributed by atoms with Crippen LogP contribution >= 0.6 is 11.6 Å². The van der Waals surface area contributed by atoms with Gasteiger partial charge in [0.25, 0.3) is 15.7 Å². The van der Waals surface area contributed by atoms with Gasteiger partial charge in [0.1, 0.15) is 12.6 Å². The number of non-ortho nitro benzene ring substituents is 1. The zero-order valence-corrected chi connectivity index (χ0v) is 24.1. The second-order valence-corrected chi connectivity index (χ2v) is 12.2. The molecular formula is C29H31ClN4O6S. The first-order valence-electron chi connectivity index (χ1n) is 13.2. The van der Waals surface area contributed by atoms with Crippen molar-refractivity contribution < 1.29 is 22.9 Å². The molecule has 3 aromatic rings. The molecule has 0 heterocycles. The first-order valence-corrected chi connectivity index (χ1v) is 15.0. The lowest BCUT2D eigenvalue weighted by atomic mass is 10.1. The van der Waals surface area contributed by atoms with E-state index in [9.17, 15) is 28.1 Å². The summed E-state index contributed by atoms with van der Waals surface area (Å²) in [7, 11) is -4.27. The van der Waals surface area contributed by atoms with E-state index in [2.05, 4.69) is 5.32 Å². The van der Waals surface area contributed by atoms with Gasteiger partial charge in [-0.15, -0.1) is 0 Å². The Balaban J connectivity index is 1.69. The summed E-state index contributed by atoms with van der Waals surface area (Å²) in [6, 6.07) is 18.5. The summed E-state index contributed by atoms with van der Waals surface area (Å²) in [6.07, 6.45) is 3.77. The summed E-state index contributed by atoms with van der Waals surface area (Å²) in [5.74, 6) is -0.961. The number of amides is 2. The third-order valence-electron chi connectivity index (χ3n) is 7.07. The topological polar surface area (TPSA) is 130 Å². The summed E-state index contributed by atoms with van der Waals surface area (Å²) in [5.41, 5.74) is 0.509. The van der Waals surface area contributed by atoms with Gasteiger partial charge in [-0.2, -0.15) is 0 Å². The largest absolute Gasteiger partial charge is 0.352 e. The molecule has 0 spiro atoms. The van der Waals surface area contributed by atoms with Gasteiger partial charge in [-0.05, 0) is 61.7 Å². The zero-order valence-electron chi connectivity index (χ0n) is 22.5. The smallest absolute Gasteiger partial charge is 0.269 e. The molecule has 1 N–H and O–H groups in total. The molecule has 41 heavy (non-hydrogen) atoms. The molecule has 3 aromatic carbocycles. The molecule has 2 amide bonds. The Morgan fingerprint density at radius 3 is 2.29 bits per heavy atom. The molecule has 0 unspecified atom stereocenters. The van der Waals surface area contributed by atoms with Crippen LogP contribution < -0.4 is 9.62 Å². The fourth-order valence-electron chi connectivity index (χ4n) is 4.80. The van der Waals surface area contributed by atoms with Crippen molar-refractivity contribution in [3.8, 4) is 0 Å². The lowest BCUT2D eigenvalue weighted by Gasteiger charge is -2.32. The molecule has 1 aliphatic carbocycles. The van der Waals surface area contributed by atoms with Crippen molar-refractivity contribution in [1.29, 1.82) is 0 Å². The first-order chi connectivity index (χ1) is 19.6. The van der Waals surface area contributed by atoms with Gasteiger partial charge < -0.3 is 10.2 Å². The van der Waals surface area contributed by atoms with E-state index in [1.165, 1.54) is 41.3 Å². The zero-order chi connectivity index (χ0) is 29.6. The first kappa shape index (κ1) is 30.0. The average Bonchev–Trinajstić information content (AvgIpc) is 3.47. The van der Waals surface area contributed by atoms with Gasteiger partial charge in [0.05, 0.1) is 15.5 Å². The van der Waals surface area contributed by atoms with E-state index in [0.717, 1.165) is 30.0 Å². The van der Waals surface area contributed by atoms with Crippen molar-refractivity contribution in [3.63, 3.8) is 0 Å². The predicted molar refractivity (Wildman–Crippen MR) is 156 cm³/mol. The van der Waals surface area contributed by atoms with Crippen LogP contribution in [-0.4, -0.2) is 48.7 Å². The second kappa shape index (κ2) is 13.1. The third kappa shape index (κ3) is 7.42. The summed E-state index contributed by atoms with van der Waals surface area (Å²) in [4.78, 5) is 39.1. The Morgan fingerprint density at radius 2 is 1.68 bits per heavy atom. The molecular weight excluding hydrogens is 568 g/mol. The van der Waals surface area contributed by atoms with Crippen LogP contribution in [0, 0.1) is 10.1 Å². The van der Waals surface area contributed by atoms with E-state index in [1.54, 1.807) is 49.4 Å². The van der Waals surface area contributed by atoms with E-state index in [4.69, 9.17) is 11.6 Å². The number of halogens is 1. The standard InChI is InChI=1S/C29H31ClN4O6S/c1-21(29(36)31-24-10-5-6-11-24)32(19-22-8-7-9-23(30)18-22)28(35)20-33(25-14-16-26(17-15-25)34(37)38)41(39,40)27-12-3-2-4-13-27/h2-4,7-9,12-18,21,24H,5-6,10-11,19-20H2,1H3,(H,31,36)/t21-/m0/s1. The summed E-state index contributed by atoms with van der Waals surface area (Å²) >= 11 is 6.17. The van der Waals surface area contributed by atoms with Gasteiger partial charge in [0.2, 0.25) is 11.8 Å². The quantitative estimate of drug-likeness (QED) is 0.246. The molecule has 0 bridgehead atoms. The van der Waals surface area contributed by atoms with Crippen LogP contribution in [0.15, 0.2) is 83.8 Å². The molecule has 4 rings (SSSR count). The fourth-order valence-corrected chi connectivity index (χ4v) is 6.44. The van der Waals surface area contributed by atoms with Crippen molar-refractivity contribution in [2.24, 2.45) is 0 Å². The van der Waals surface area contributed by atoms with Gasteiger partial charge in [0.15, 0.2) is 0 Å². The van der Waals surface area contributed by atoms with Crippen LogP contribution in [0.25, 0.3) is 0 Å². The number of hydrogen-bond acceptors (Lipinski definition) is 6. The number of rotatable bonds is 11. The Labute approximate surface area is 244 Å². The van der Waals surface area contributed by atoms with Crippen LogP contribution in [0.5, 0.6) is 0 Å². The number of carbonyl (C=O) groups excluding carboxylic acids is 2.